The van der Waals surface area contributed by atoms with Crippen molar-refractivity contribution in [1.82, 2.24) is 4.98 Å². The topological polar surface area (TPSA) is 33.1 Å². The molecule has 17 heavy (non-hydrogen) atoms. The number of aliphatic hydroxyl groups excluding tert-OH is 1. The van der Waals surface area contributed by atoms with Crippen LogP contribution in [0, 0.1) is 0 Å². The second-order valence-electron chi connectivity index (χ2n) is 3.71. The van der Waals surface area contributed by atoms with Crippen LogP contribution >= 0.6 is 27.5 Å². The number of aromatic nitrogens is 1. The predicted molar refractivity (Wildman–Crippen MR) is 72.1 cm³/mol. The summed E-state index contributed by atoms with van der Waals surface area (Å²) in [5.74, 6) is 0. The molecule has 4 heteroatoms. The highest BCUT2D eigenvalue weighted by Gasteiger charge is 2.11. The molecule has 1 aromatic carbocycles. The van der Waals surface area contributed by atoms with Crippen LogP contribution in [0.3, 0.4) is 0 Å². The molecule has 2 rings (SSSR count). The van der Waals surface area contributed by atoms with Gasteiger partial charge in [-0.3, -0.25) is 4.98 Å². The zero-order valence-electron chi connectivity index (χ0n) is 8.98. The van der Waals surface area contributed by atoms with Gasteiger partial charge in [-0.2, -0.15) is 0 Å². The summed E-state index contributed by atoms with van der Waals surface area (Å²) >= 11 is 9.35. The lowest BCUT2D eigenvalue weighted by Crippen LogP contribution is -2.04. The van der Waals surface area contributed by atoms with E-state index in [2.05, 4.69) is 20.9 Å². The highest BCUT2D eigenvalue weighted by atomic mass is 79.9. The van der Waals surface area contributed by atoms with E-state index in [-0.39, 0.29) is 0 Å². The molecular formula is C13H11BrClNO. The molecule has 0 spiro atoms. The van der Waals surface area contributed by atoms with Crippen LogP contribution in [0.15, 0.2) is 47.1 Å². The number of hydrogen-bond acceptors (Lipinski definition) is 2. The molecule has 0 saturated carbocycles. The Balaban J connectivity index is 2.14. The van der Waals surface area contributed by atoms with Gasteiger partial charge in [-0.25, -0.2) is 0 Å². The quantitative estimate of drug-likeness (QED) is 0.936. The lowest BCUT2D eigenvalue weighted by atomic mass is 10.1. The largest absolute Gasteiger partial charge is 0.386 e. The molecule has 1 atom stereocenters. The molecular weight excluding hydrogens is 302 g/mol. The van der Waals surface area contributed by atoms with Gasteiger partial charge in [0, 0.05) is 22.1 Å². The first kappa shape index (κ1) is 12.6. The van der Waals surface area contributed by atoms with Gasteiger partial charge in [0.1, 0.15) is 0 Å². The van der Waals surface area contributed by atoms with Gasteiger partial charge >= 0.3 is 0 Å². The summed E-state index contributed by atoms with van der Waals surface area (Å²) in [6.45, 7) is 0. The van der Waals surface area contributed by atoms with Crippen molar-refractivity contribution in [2.45, 2.75) is 12.5 Å². The van der Waals surface area contributed by atoms with E-state index in [0.29, 0.717) is 17.1 Å². The Labute approximate surface area is 113 Å². The summed E-state index contributed by atoms with van der Waals surface area (Å²) in [4.78, 5) is 4.16. The lowest BCUT2D eigenvalue weighted by molar-refractivity contribution is 0.173. The third kappa shape index (κ3) is 3.28. The molecule has 1 N–H and O–H groups in total. The fraction of sp³-hybridized carbons (Fsp3) is 0.154. The third-order valence-corrected chi connectivity index (χ3v) is 3.30. The summed E-state index contributed by atoms with van der Waals surface area (Å²) in [5, 5.41) is 10.7. The maximum atomic E-state index is 10.1. The molecule has 2 aromatic rings. The van der Waals surface area contributed by atoms with Crippen molar-refractivity contribution < 1.29 is 5.11 Å². The molecule has 0 amide bonds. The van der Waals surface area contributed by atoms with Gasteiger partial charge < -0.3 is 5.11 Å². The van der Waals surface area contributed by atoms with Crippen LogP contribution in [0.4, 0.5) is 0 Å². The average molecular weight is 313 g/mol. The van der Waals surface area contributed by atoms with Crippen molar-refractivity contribution >= 4 is 27.5 Å². The lowest BCUT2D eigenvalue weighted by Gasteiger charge is -2.11. The summed E-state index contributed by atoms with van der Waals surface area (Å²) in [6, 6.07) is 11.2. The maximum absolute atomic E-state index is 10.1. The number of hydrogen-bond donors (Lipinski definition) is 1. The molecule has 0 radical (unpaired) electrons. The molecule has 0 aliphatic rings. The van der Waals surface area contributed by atoms with Gasteiger partial charge in [-0.1, -0.05) is 29.8 Å². The maximum Gasteiger partial charge on any atom is 0.1000 e. The van der Waals surface area contributed by atoms with Crippen LogP contribution < -0.4 is 0 Å². The van der Waals surface area contributed by atoms with E-state index in [0.717, 1.165) is 10.0 Å². The van der Waals surface area contributed by atoms with Crippen LogP contribution in [0.2, 0.25) is 5.02 Å². The van der Waals surface area contributed by atoms with E-state index in [4.69, 9.17) is 11.6 Å². The van der Waals surface area contributed by atoms with Crippen molar-refractivity contribution in [2.75, 3.05) is 0 Å². The first-order valence-electron chi connectivity index (χ1n) is 5.20. The Hall–Kier alpha value is -0.900. The number of nitrogens with zero attached hydrogens (tertiary/aromatic N) is 1. The normalized spacial score (nSPS) is 12.4. The number of halogens is 2. The molecule has 0 saturated heterocycles. The first-order valence-corrected chi connectivity index (χ1v) is 6.37. The minimum atomic E-state index is -0.636. The van der Waals surface area contributed by atoms with Crippen LogP contribution in [0.25, 0.3) is 0 Å². The van der Waals surface area contributed by atoms with Gasteiger partial charge in [0.15, 0.2) is 0 Å². The number of aliphatic hydroxyl groups is 1. The fourth-order valence-corrected chi connectivity index (χ4v) is 2.01. The van der Waals surface area contributed by atoms with Gasteiger partial charge in [-0.05, 0) is 39.7 Å². The smallest absolute Gasteiger partial charge is 0.1000 e. The monoisotopic (exact) mass is 311 g/mol. The second-order valence-corrected chi connectivity index (χ2v) is 5.04. The Kier molecular flexibility index (Phi) is 4.15. The molecule has 1 heterocycles. The zero-order valence-corrected chi connectivity index (χ0v) is 11.3. The molecule has 0 fully saturated rings. The van der Waals surface area contributed by atoms with E-state index >= 15 is 0 Å². The van der Waals surface area contributed by atoms with Gasteiger partial charge in [-0.15, -0.1) is 0 Å². The van der Waals surface area contributed by atoms with Crippen LogP contribution in [0.1, 0.15) is 17.4 Å². The summed E-state index contributed by atoms with van der Waals surface area (Å²) in [6.07, 6.45) is 1.50. The number of rotatable bonds is 3. The molecule has 88 valence electrons. The van der Waals surface area contributed by atoms with E-state index < -0.39 is 6.10 Å². The minimum absolute atomic E-state index is 0.467. The molecule has 1 unspecified atom stereocenters. The highest BCUT2D eigenvalue weighted by Crippen LogP contribution is 2.22. The molecule has 0 aliphatic carbocycles. The Morgan fingerprint density at radius 1 is 1.24 bits per heavy atom. The minimum Gasteiger partial charge on any atom is -0.386 e. The zero-order chi connectivity index (χ0) is 12.3. The van der Waals surface area contributed by atoms with Crippen molar-refractivity contribution in [3.63, 3.8) is 0 Å². The van der Waals surface area contributed by atoms with Gasteiger partial charge in [0.05, 0.1) is 11.8 Å². The Bertz CT molecular complexity index is 501. The standard InChI is InChI=1S/C13H11BrClNO/c14-10-5-6-12(16-8-10)13(17)7-9-3-1-2-4-11(9)15/h1-6,8,13,17H,7H2. The molecule has 1 aromatic heterocycles. The van der Waals surface area contributed by atoms with Crippen molar-refractivity contribution in [1.29, 1.82) is 0 Å². The van der Waals surface area contributed by atoms with E-state index in [9.17, 15) is 5.11 Å². The van der Waals surface area contributed by atoms with E-state index in [1.54, 1.807) is 12.3 Å². The van der Waals surface area contributed by atoms with Crippen LogP contribution in [-0.2, 0) is 6.42 Å². The Morgan fingerprint density at radius 2 is 2.00 bits per heavy atom. The van der Waals surface area contributed by atoms with Crippen molar-refractivity contribution in [3.8, 4) is 0 Å². The highest BCUT2D eigenvalue weighted by molar-refractivity contribution is 9.10. The van der Waals surface area contributed by atoms with E-state index in [1.807, 2.05) is 30.3 Å². The number of benzene rings is 1. The molecule has 0 bridgehead atoms. The fourth-order valence-electron chi connectivity index (χ4n) is 1.56. The molecule has 0 aliphatic heterocycles. The summed E-state index contributed by atoms with van der Waals surface area (Å²) in [7, 11) is 0. The Morgan fingerprint density at radius 3 is 2.65 bits per heavy atom. The summed E-state index contributed by atoms with van der Waals surface area (Å²) < 4.78 is 0.895. The van der Waals surface area contributed by atoms with E-state index in [1.165, 1.54) is 0 Å². The first-order chi connectivity index (χ1) is 8.16. The average Bonchev–Trinajstić information content (AvgIpc) is 2.33. The van der Waals surface area contributed by atoms with Gasteiger partial charge in [0.2, 0.25) is 0 Å². The third-order valence-electron chi connectivity index (χ3n) is 2.46. The van der Waals surface area contributed by atoms with Crippen molar-refractivity contribution in [2.24, 2.45) is 0 Å². The van der Waals surface area contributed by atoms with Crippen LogP contribution in [-0.4, -0.2) is 10.1 Å². The predicted octanol–water partition coefficient (Wildman–Crippen LogP) is 3.77. The second kappa shape index (κ2) is 5.63. The number of pyridine rings is 1. The SMILES string of the molecule is OC(Cc1ccccc1Cl)c1ccc(Br)cn1. The van der Waals surface area contributed by atoms with Crippen LogP contribution in [0.5, 0.6) is 0 Å². The van der Waals surface area contributed by atoms with Crippen molar-refractivity contribution in [3.05, 3.63) is 63.3 Å². The molecule has 2 nitrogen and oxygen atoms in total. The summed E-state index contributed by atoms with van der Waals surface area (Å²) in [5.41, 5.74) is 1.57. The van der Waals surface area contributed by atoms with Gasteiger partial charge in [0.25, 0.3) is 0 Å².